The lowest BCUT2D eigenvalue weighted by Gasteiger charge is -2.38. The van der Waals surface area contributed by atoms with Gasteiger partial charge in [-0.05, 0) is 12.8 Å². The van der Waals surface area contributed by atoms with Gasteiger partial charge in [0.25, 0.3) is 5.08 Å². The lowest BCUT2D eigenvalue weighted by atomic mass is 10.2. The molecule has 0 amide bonds. The molecule has 0 saturated heterocycles. The topological polar surface area (TPSA) is 135 Å². The number of aliphatic hydroxyl groups is 1. The van der Waals surface area contributed by atoms with Gasteiger partial charge in [0.1, 0.15) is 5.25 Å². The summed E-state index contributed by atoms with van der Waals surface area (Å²) in [6, 6.07) is 0. The van der Waals surface area contributed by atoms with Crippen molar-refractivity contribution < 1.29 is 38.3 Å². The highest BCUT2D eigenvalue weighted by Crippen LogP contribution is 2.69. The average molecular weight is 366 g/mol. The second-order valence-corrected chi connectivity index (χ2v) is 10.4. The van der Waals surface area contributed by atoms with Crippen LogP contribution < -0.4 is 0 Å². The summed E-state index contributed by atoms with van der Waals surface area (Å²) >= 11 is 3.89. The summed E-state index contributed by atoms with van der Waals surface area (Å²) in [6.07, 6.45) is 2.83. The van der Waals surface area contributed by atoms with Crippen LogP contribution in [0.15, 0.2) is 0 Å². The summed E-state index contributed by atoms with van der Waals surface area (Å²) in [5.74, 6) is 0. The second-order valence-electron chi connectivity index (χ2n) is 5.84. The molecule has 0 aliphatic heterocycles. The van der Waals surface area contributed by atoms with E-state index in [1.54, 1.807) is 14.1 Å². The molecule has 0 saturated carbocycles. The zero-order valence-corrected chi connectivity index (χ0v) is 15.1. The fourth-order valence-corrected chi connectivity index (χ4v) is 5.67. The van der Waals surface area contributed by atoms with E-state index in [-0.39, 0.29) is 11.0 Å². The molecule has 0 radical (unpaired) electrons. The second kappa shape index (κ2) is 7.43. The normalized spacial score (nSPS) is 16.0. The zero-order valence-electron chi connectivity index (χ0n) is 12.5. The first-order chi connectivity index (χ1) is 9.19. The van der Waals surface area contributed by atoms with Gasteiger partial charge in [0.15, 0.2) is 0 Å². The molecule has 8 nitrogen and oxygen atoms in total. The molecular formula is C10H26NO7P2S+. The molecule has 1 unspecified atom stereocenters. The molecule has 11 heteroatoms. The van der Waals surface area contributed by atoms with Crippen LogP contribution in [0, 0.1) is 0 Å². The lowest BCUT2D eigenvalue weighted by Crippen LogP contribution is -2.52. The average Bonchev–Trinajstić information content (AvgIpc) is 2.24. The molecule has 0 heterocycles. The van der Waals surface area contributed by atoms with Gasteiger partial charge in [-0.1, -0.05) is 13.3 Å². The number of thiol groups is 1. The molecule has 0 aliphatic rings. The minimum Gasteiger partial charge on any atom is -0.367 e. The van der Waals surface area contributed by atoms with Crippen LogP contribution in [-0.2, 0) is 9.13 Å². The van der Waals surface area contributed by atoms with Crippen LogP contribution in [0.4, 0.5) is 0 Å². The third-order valence-electron chi connectivity index (χ3n) is 3.34. The molecule has 0 spiro atoms. The third kappa shape index (κ3) is 5.61. The van der Waals surface area contributed by atoms with Crippen molar-refractivity contribution in [1.29, 1.82) is 0 Å². The maximum Gasteiger partial charge on any atom is 0.370 e. The summed E-state index contributed by atoms with van der Waals surface area (Å²) in [7, 11) is -7.46. The molecule has 0 aromatic carbocycles. The summed E-state index contributed by atoms with van der Waals surface area (Å²) < 4.78 is 23.0. The van der Waals surface area contributed by atoms with Crippen molar-refractivity contribution in [3.8, 4) is 0 Å². The summed E-state index contributed by atoms with van der Waals surface area (Å²) in [6.45, 7) is 2.57. The molecule has 0 aliphatic carbocycles. The number of rotatable bonds is 9. The lowest BCUT2D eigenvalue weighted by molar-refractivity contribution is -0.890. The highest BCUT2D eigenvalue weighted by atomic mass is 32.1. The molecule has 0 aromatic rings. The van der Waals surface area contributed by atoms with Gasteiger partial charge in [-0.2, -0.15) is 12.6 Å². The van der Waals surface area contributed by atoms with Gasteiger partial charge < -0.3 is 29.2 Å². The fraction of sp³-hybridized carbons (Fsp3) is 1.00. The zero-order chi connectivity index (χ0) is 17.1. The van der Waals surface area contributed by atoms with E-state index in [2.05, 4.69) is 12.6 Å². The number of hydrogen-bond donors (Lipinski definition) is 6. The van der Waals surface area contributed by atoms with Crippen LogP contribution in [0.25, 0.3) is 0 Å². The largest absolute Gasteiger partial charge is 0.370 e. The van der Waals surface area contributed by atoms with E-state index >= 15 is 0 Å². The van der Waals surface area contributed by atoms with Gasteiger partial charge in [0, 0.05) is 0 Å². The van der Waals surface area contributed by atoms with E-state index in [0.717, 1.165) is 19.3 Å². The van der Waals surface area contributed by atoms with Gasteiger partial charge in [0.05, 0.1) is 27.2 Å². The van der Waals surface area contributed by atoms with Crippen molar-refractivity contribution in [2.75, 3.05) is 27.2 Å². The minimum absolute atomic E-state index is 0.0977. The first-order valence-corrected chi connectivity index (χ1v) is 10.3. The van der Waals surface area contributed by atoms with E-state index in [0.29, 0.717) is 6.54 Å². The van der Waals surface area contributed by atoms with E-state index in [1.165, 1.54) is 0 Å². The van der Waals surface area contributed by atoms with Gasteiger partial charge in [0.2, 0.25) is 0 Å². The van der Waals surface area contributed by atoms with Crippen LogP contribution in [-0.4, -0.2) is 66.7 Å². The molecule has 5 N–H and O–H groups in total. The van der Waals surface area contributed by atoms with Crippen LogP contribution in [0.1, 0.15) is 26.2 Å². The van der Waals surface area contributed by atoms with Crippen molar-refractivity contribution in [2.24, 2.45) is 0 Å². The van der Waals surface area contributed by atoms with E-state index in [9.17, 15) is 14.2 Å². The van der Waals surface area contributed by atoms with Gasteiger partial charge in [-0.3, -0.25) is 9.13 Å². The van der Waals surface area contributed by atoms with Gasteiger partial charge in [-0.15, -0.1) is 0 Å². The predicted molar refractivity (Wildman–Crippen MR) is 83.2 cm³/mol. The Balaban J connectivity index is 5.23. The fourth-order valence-electron chi connectivity index (χ4n) is 2.03. The summed E-state index contributed by atoms with van der Waals surface area (Å²) in [5, 5.41) is 4.92. The maximum atomic E-state index is 11.4. The third-order valence-corrected chi connectivity index (χ3v) is 8.18. The molecule has 0 rings (SSSR count). The Hall–Kier alpha value is 0.570. The number of unbranched alkanes of at least 4 members (excludes halogenated alkanes) is 2. The molecule has 128 valence electrons. The van der Waals surface area contributed by atoms with Crippen LogP contribution in [0.2, 0.25) is 0 Å². The monoisotopic (exact) mass is 366 g/mol. The first kappa shape index (κ1) is 21.6. The highest BCUT2D eigenvalue weighted by Gasteiger charge is 2.64. The molecule has 0 aromatic heterocycles. The molecule has 0 fully saturated rings. The molecule has 0 bridgehead atoms. The highest BCUT2D eigenvalue weighted by molar-refractivity contribution is 7.83. The van der Waals surface area contributed by atoms with Crippen molar-refractivity contribution in [1.82, 2.24) is 0 Å². The number of quaternary nitrogens is 1. The number of hydrogen-bond acceptors (Lipinski definition) is 4. The Bertz CT molecular complexity index is 411. The Kier molecular flexibility index (Phi) is 7.63. The number of nitrogens with zero attached hydrogens (tertiary/aromatic N) is 1. The maximum absolute atomic E-state index is 11.4. The predicted octanol–water partition coefficient (Wildman–Crippen LogP) is 0.553. The SMILES string of the molecule is CCCCC[N+](C)(C)CC(S)C(O)(P(=O)(O)O)P(=O)(O)O. The van der Waals surface area contributed by atoms with Crippen LogP contribution in [0.5, 0.6) is 0 Å². The van der Waals surface area contributed by atoms with Crippen LogP contribution in [0.3, 0.4) is 0 Å². The Morgan fingerprint density at radius 2 is 1.52 bits per heavy atom. The van der Waals surface area contributed by atoms with Crippen LogP contribution >= 0.6 is 27.8 Å². The van der Waals surface area contributed by atoms with Crippen molar-refractivity contribution >= 4 is 27.8 Å². The van der Waals surface area contributed by atoms with E-state index in [4.69, 9.17) is 19.6 Å². The van der Waals surface area contributed by atoms with Crippen molar-refractivity contribution in [3.05, 3.63) is 0 Å². The standard InChI is InChI=1S/C10H25NO7P2S/c1-4-5-6-7-11(2,3)8-9(21)10(12,19(13,14)15)20(16,17)18/h9,12H,4-8H2,1-3H3,(H4-,13,14,15,16,17,18,21)/p+1. The van der Waals surface area contributed by atoms with Gasteiger partial charge >= 0.3 is 15.2 Å². The Labute approximate surface area is 130 Å². The minimum atomic E-state index is -5.48. The Morgan fingerprint density at radius 1 is 1.10 bits per heavy atom. The van der Waals surface area contributed by atoms with Gasteiger partial charge in [-0.25, -0.2) is 0 Å². The van der Waals surface area contributed by atoms with E-state index in [1.807, 2.05) is 6.92 Å². The summed E-state index contributed by atoms with van der Waals surface area (Å²) in [5.41, 5.74) is 0. The van der Waals surface area contributed by atoms with Crippen molar-refractivity contribution in [3.63, 3.8) is 0 Å². The first-order valence-electron chi connectivity index (χ1n) is 6.53. The van der Waals surface area contributed by atoms with E-state index < -0.39 is 25.5 Å². The Morgan fingerprint density at radius 3 is 1.86 bits per heavy atom. The molecule has 21 heavy (non-hydrogen) atoms. The molecular weight excluding hydrogens is 340 g/mol. The smallest absolute Gasteiger partial charge is 0.367 e. The quantitative estimate of drug-likeness (QED) is 0.152. The van der Waals surface area contributed by atoms with Crippen molar-refractivity contribution in [2.45, 2.75) is 36.5 Å². The molecule has 1 atom stereocenters. The summed E-state index contributed by atoms with van der Waals surface area (Å²) in [4.78, 5) is 36.7.